The number of pyridine rings is 1. The van der Waals surface area contributed by atoms with E-state index in [-0.39, 0.29) is 24.4 Å². The van der Waals surface area contributed by atoms with E-state index >= 15 is 0 Å². The second-order valence-electron chi connectivity index (χ2n) is 7.32. The zero-order valence-electron chi connectivity index (χ0n) is 17.2. The molecule has 0 radical (unpaired) electrons. The average Bonchev–Trinajstić information content (AvgIpc) is 3.20. The number of carbonyl (C=O) groups is 3. The van der Waals surface area contributed by atoms with Crippen molar-refractivity contribution >= 4 is 40.3 Å². The number of aromatic nitrogens is 1. The maximum atomic E-state index is 13.6. The summed E-state index contributed by atoms with van der Waals surface area (Å²) in [6.07, 6.45) is -0.835. The smallest absolute Gasteiger partial charge is 0.258 e. The highest BCUT2D eigenvalue weighted by atomic mass is 32.2. The molecule has 2 heterocycles. The highest BCUT2D eigenvalue weighted by Gasteiger charge is 2.42. The SMILES string of the molecule is COC1c2c(c3ccccc3n(CC(=O)c3ccccc3)c2=O)SC1C(=O)NCC(N)=O. The Morgan fingerprint density at radius 3 is 2.47 bits per heavy atom. The van der Waals surface area contributed by atoms with Crippen LogP contribution in [0.5, 0.6) is 0 Å². The van der Waals surface area contributed by atoms with Gasteiger partial charge >= 0.3 is 0 Å². The van der Waals surface area contributed by atoms with Crippen LogP contribution >= 0.6 is 11.8 Å². The summed E-state index contributed by atoms with van der Waals surface area (Å²) in [5.74, 6) is -1.32. The van der Waals surface area contributed by atoms with Gasteiger partial charge in [-0.25, -0.2) is 0 Å². The summed E-state index contributed by atoms with van der Waals surface area (Å²) in [5, 5.41) is 2.46. The summed E-state index contributed by atoms with van der Waals surface area (Å²) in [6.45, 7) is -0.449. The summed E-state index contributed by atoms with van der Waals surface area (Å²) < 4.78 is 6.99. The Bertz CT molecular complexity index is 1270. The molecule has 2 atom stereocenters. The fourth-order valence-electron chi connectivity index (χ4n) is 3.84. The number of primary amides is 1. The van der Waals surface area contributed by atoms with Crippen LogP contribution < -0.4 is 16.6 Å². The number of hydrogen-bond acceptors (Lipinski definition) is 6. The van der Waals surface area contributed by atoms with E-state index in [4.69, 9.17) is 10.5 Å². The van der Waals surface area contributed by atoms with Gasteiger partial charge in [-0.05, 0) is 6.07 Å². The van der Waals surface area contributed by atoms with Crippen LogP contribution in [0.1, 0.15) is 22.0 Å². The van der Waals surface area contributed by atoms with Crippen molar-refractivity contribution in [2.75, 3.05) is 13.7 Å². The first-order chi connectivity index (χ1) is 15.4. The molecule has 1 aromatic heterocycles. The van der Waals surface area contributed by atoms with E-state index in [1.807, 2.05) is 18.2 Å². The number of fused-ring (bicyclic) bond motifs is 3. The second kappa shape index (κ2) is 8.97. The van der Waals surface area contributed by atoms with E-state index in [1.165, 1.54) is 23.4 Å². The number of Topliss-reactive ketones (excluding diaryl/α,β-unsaturated/α-hetero) is 1. The first-order valence-electron chi connectivity index (χ1n) is 9.91. The summed E-state index contributed by atoms with van der Waals surface area (Å²) in [6, 6.07) is 16.0. The van der Waals surface area contributed by atoms with Crippen molar-refractivity contribution in [1.29, 1.82) is 0 Å². The maximum Gasteiger partial charge on any atom is 0.258 e. The summed E-state index contributed by atoms with van der Waals surface area (Å²) >= 11 is 1.21. The molecule has 32 heavy (non-hydrogen) atoms. The molecule has 9 heteroatoms. The first kappa shape index (κ1) is 21.8. The number of hydrogen-bond donors (Lipinski definition) is 2. The molecule has 2 aromatic carbocycles. The minimum Gasteiger partial charge on any atom is -0.375 e. The molecular formula is C23H21N3O5S. The van der Waals surface area contributed by atoms with Gasteiger partial charge in [0, 0.05) is 23.0 Å². The largest absolute Gasteiger partial charge is 0.375 e. The minimum atomic E-state index is -0.835. The number of ketones is 1. The third-order valence-corrected chi connectivity index (χ3v) is 6.70. The number of benzene rings is 2. The number of methoxy groups -OCH3 is 1. The molecular weight excluding hydrogens is 430 g/mol. The molecule has 8 nitrogen and oxygen atoms in total. The lowest BCUT2D eigenvalue weighted by Gasteiger charge is -2.18. The quantitative estimate of drug-likeness (QED) is 0.527. The van der Waals surface area contributed by atoms with Gasteiger partial charge in [-0.2, -0.15) is 0 Å². The van der Waals surface area contributed by atoms with E-state index in [1.54, 1.807) is 36.4 Å². The topological polar surface area (TPSA) is 120 Å². The highest BCUT2D eigenvalue weighted by Crippen LogP contribution is 2.47. The fourth-order valence-corrected chi connectivity index (χ4v) is 5.28. The van der Waals surface area contributed by atoms with Gasteiger partial charge in [0.25, 0.3) is 5.56 Å². The predicted octanol–water partition coefficient (Wildman–Crippen LogP) is 1.65. The van der Waals surface area contributed by atoms with Crippen LogP contribution in [0.15, 0.2) is 64.3 Å². The fraction of sp³-hybridized carbons (Fsp3) is 0.217. The van der Waals surface area contributed by atoms with Crippen LogP contribution in [0.2, 0.25) is 0 Å². The third-order valence-electron chi connectivity index (χ3n) is 5.31. The first-order valence-corrected chi connectivity index (χ1v) is 10.8. The van der Waals surface area contributed by atoms with Crippen LogP contribution in [-0.2, 0) is 20.9 Å². The molecule has 3 N–H and O–H groups in total. The maximum absolute atomic E-state index is 13.6. The average molecular weight is 452 g/mol. The van der Waals surface area contributed by atoms with E-state index in [2.05, 4.69) is 5.32 Å². The molecule has 0 spiro atoms. The molecule has 2 amide bonds. The Balaban J connectivity index is 1.80. The predicted molar refractivity (Wildman–Crippen MR) is 121 cm³/mol. The highest BCUT2D eigenvalue weighted by molar-refractivity contribution is 8.01. The van der Waals surface area contributed by atoms with Crippen molar-refractivity contribution in [3.63, 3.8) is 0 Å². The van der Waals surface area contributed by atoms with Crippen molar-refractivity contribution in [3.05, 3.63) is 76.1 Å². The van der Waals surface area contributed by atoms with E-state index < -0.39 is 23.2 Å². The van der Waals surface area contributed by atoms with Crippen LogP contribution in [0, 0.1) is 0 Å². The molecule has 164 valence electrons. The van der Waals surface area contributed by atoms with Crippen LogP contribution in [0.4, 0.5) is 0 Å². The molecule has 4 rings (SSSR count). The molecule has 2 unspecified atom stereocenters. The molecule has 0 fully saturated rings. The number of nitrogens with one attached hydrogen (secondary N) is 1. The van der Waals surface area contributed by atoms with Gasteiger partial charge in [0.2, 0.25) is 11.8 Å². The van der Waals surface area contributed by atoms with Crippen molar-refractivity contribution in [2.45, 2.75) is 22.8 Å². The number of thioether (sulfide) groups is 1. The zero-order valence-corrected chi connectivity index (χ0v) is 18.1. The van der Waals surface area contributed by atoms with Crippen LogP contribution in [0.25, 0.3) is 10.9 Å². The lowest BCUT2D eigenvalue weighted by molar-refractivity contribution is -0.126. The van der Waals surface area contributed by atoms with Gasteiger partial charge in [-0.3, -0.25) is 19.2 Å². The number of nitrogens with two attached hydrogens (primary N) is 1. The standard InChI is InChI=1S/C23H21N3O5S/c1-31-19-18-20(32-21(19)22(29)25-11-17(24)28)14-9-5-6-10-15(14)26(23(18)30)12-16(27)13-7-3-2-4-8-13/h2-10,19,21H,11-12H2,1H3,(H2,24,28)(H,25,29). The number of nitrogens with zero attached hydrogens (tertiary/aromatic N) is 1. The van der Waals surface area contributed by atoms with E-state index in [9.17, 15) is 19.2 Å². The zero-order chi connectivity index (χ0) is 22.8. The summed E-state index contributed by atoms with van der Waals surface area (Å²) in [5.41, 5.74) is 6.18. The van der Waals surface area contributed by atoms with Gasteiger partial charge in [-0.1, -0.05) is 48.5 Å². The normalized spacial score (nSPS) is 17.2. The number of ether oxygens (including phenoxy) is 1. The number of para-hydroxylation sites is 1. The third kappa shape index (κ3) is 3.92. The van der Waals surface area contributed by atoms with Gasteiger partial charge in [-0.15, -0.1) is 11.8 Å². The molecule has 0 saturated carbocycles. The number of amides is 2. The van der Waals surface area contributed by atoms with Crippen molar-refractivity contribution in [1.82, 2.24) is 9.88 Å². The van der Waals surface area contributed by atoms with Gasteiger partial charge in [0.05, 0.1) is 24.2 Å². The Morgan fingerprint density at radius 2 is 1.78 bits per heavy atom. The molecule has 3 aromatic rings. The lowest BCUT2D eigenvalue weighted by atomic mass is 10.0. The minimum absolute atomic E-state index is 0.143. The summed E-state index contributed by atoms with van der Waals surface area (Å²) in [4.78, 5) is 50.8. The Morgan fingerprint density at radius 1 is 1.09 bits per heavy atom. The molecule has 0 aliphatic carbocycles. The van der Waals surface area contributed by atoms with Gasteiger partial charge in [0.1, 0.15) is 11.4 Å². The Hall–Kier alpha value is -3.43. The van der Waals surface area contributed by atoms with E-state index in [0.29, 0.717) is 21.5 Å². The number of carbonyl (C=O) groups excluding carboxylic acids is 3. The van der Waals surface area contributed by atoms with Gasteiger partial charge < -0.3 is 20.4 Å². The molecule has 0 saturated heterocycles. The van der Waals surface area contributed by atoms with Crippen LogP contribution in [-0.4, -0.2) is 41.1 Å². The van der Waals surface area contributed by atoms with E-state index in [0.717, 1.165) is 5.39 Å². The van der Waals surface area contributed by atoms with Crippen LogP contribution in [0.3, 0.4) is 0 Å². The molecule has 1 aliphatic heterocycles. The van der Waals surface area contributed by atoms with Crippen molar-refractivity contribution in [3.8, 4) is 0 Å². The molecule has 0 bridgehead atoms. The van der Waals surface area contributed by atoms with Crippen molar-refractivity contribution < 1.29 is 19.1 Å². The number of rotatable bonds is 7. The Labute approximate surface area is 187 Å². The monoisotopic (exact) mass is 451 g/mol. The van der Waals surface area contributed by atoms with Gasteiger partial charge in [0.15, 0.2) is 5.78 Å². The Kier molecular flexibility index (Phi) is 6.11. The lowest BCUT2D eigenvalue weighted by Crippen LogP contribution is -2.40. The molecule has 1 aliphatic rings. The summed E-state index contributed by atoms with van der Waals surface area (Å²) in [7, 11) is 1.42. The van der Waals surface area contributed by atoms with Crippen molar-refractivity contribution in [2.24, 2.45) is 5.73 Å². The second-order valence-corrected chi connectivity index (χ2v) is 8.47.